The quantitative estimate of drug-likeness (QED) is 0.766. The van der Waals surface area contributed by atoms with Crippen molar-refractivity contribution >= 4 is 34.5 Å². The summed E-state index contributed by atoms with van der Waals surface area (Å²) in [6.45, 7) is 1.92. The second-order valence-corrected chi connectivity index (χ2v) is 5.88. The van der Waals surface area contributed by atoms with Crippen LogP contribution in [0.5, 0.6) is 0 Å². The maximum Gasteiger partial charge on any atom is 0.291 e. The van der Waals surface area contributed by atoms with Gasteiger partial charge in [0.25, 0.3) is 5.91 Å². The fraction of sp³-hybridized carbons (Fsp3) is 0.0667. The highest BCUT2D eigenvalue weighted by Gasteiger charge is 2.14. The number of hydrogen-bond donors (Lipinski definition) is 1. The monoisotopic (exact) mass is 318 g/mol. The van der Waals surface area contributed by atoms with E-state index in [2.05, 4.69) is 10.3 Å². The van der Waals surface area contributed by atoms with E-state index in [9.17, 15) is 4.79 Å². The van der Waals surface area contributed by atoms with Crippen LogP contribution < -0.4 is 5.32 Å². The van der Waals surface area contributed by atoms with Gasteiger partial charge in [0, 0.05) is 16.1 Å². The molecule has 2 aromatic heterocycles. The van der Waals surface area contributed by atoms with Gasteiger partial charge < -0.3 is 9.73 Å². The first kappa shape index (κ1) is 13.9. The largest absolute Gasteiger partial charge is 0.449 e. The van der Waals surface area contributed by atoms with Gasteiger partial charge in [-0.2, -0.15) is 0 Å². The maximum absolute atomic E-state index is 12.1. The lowest BCUT2D eigenvalue weighted by atomic mass is 10.3. The van der Waals surface area contributed by atoms with Crippen LogP contribution >= 0.6 is 22.9 Å². The molecule has 0 saturated carbocycles. The van der Waals surface area contributed by atoms with Crippen molar-refractivity contribution in [1.29, 1.82) is 0 Å². The van der Waals surface area contributed by atoms with Crippen molar-refractivity contribution in [2.24, 2.45) is 0 Å². The molecule has 0 aliphatic carbocycles. The predicted molar refractivity (Wildman–Crippen MR) is 84.0 cm³/mol. The Hall–Kier alpha value is -2.11. The van der Waals surface area contributed by atoms with E-state index in [4.69, 9.17) is 16.0 Å². The number of benzene rings is 1. The Morgan fingerprint density at radius 2 is 2.19 bits per heavy atom. The van der Waals surface area contributed by atoms with Crippen molar-refractivity contribution in [3.63, 3.8) is 0 Å². The second kappa shape index (κ2) is 5.71. The number of halogens is 1. The van der Waals surface area contributed by atoms with E-state index in [0.717, 1.165) is 10.7 Å². The fourth-order valence-electron chi connectivity index (χ4n) is 1.83. The summed E-state index contributed by atoms with van der Waals surface area (Å²) in [5.74, 6) is 0.488. The Morgan fingerprint density at radius 3 is 2.90 bits per heavy atom. The minimum atomic E-state index is -0.324. The van der Waals surface area contributed by atoms with Crippen LogP contribution in [0.2, 0.25) is 5.02 Å². The zero-order chi connectivity index (χ0) is 14.8. The number of thiazole rings is 1. The Labute approximate surface area is 130 Å². The third-order valence-electron chi connectivity index (χ3n) is 2.78. The zero-order valence-electron chi connectivity index (χ0n) is 11.1. The zero-order valence-corrected chi connectivity index (χ0v) is 12.7. The van der Waals surface area contributed by atoms with Crippen molar-refractivity contribution in [3.05, 3.63) is 57.6 Å². The lowest BCUT2D eigenvalue weighted by Gasteiger charge is -2.03. The number of carbonyl (C=O) groups excluding carboxylic acids is 1. The highest BCUT2D eigenvalue weighted by Crippen LogP contribution is 2.24. The van der Waals surface area contributed by atoms with Gasteiger partial charge in [0.2, 0.25) is 0 Å². The van der Waals surface area contributed by atoms with Gasteiger partial charge in [-0.3, -0.25) is 4.79 Å². The molecule has 1 N–H and O–H groups in total. The number of rotatable bonds is 3. The molecule has 0 radical (unpaired) electrons. The summed E-state index contributed by atoms with van der Waals surface area (Å²) in [6, 6.07) is 10.3. The molecule has 21 heavy (non-hydrogen) atoms. The lowest BCUT2D eigenvalue weighted by Crippen LogP contribution is -2.10. The Morgan fingerprint density at radius 1 is 1.33 bits per heavy atom. The van der Waals surface area contributed by atoms with Crippen molar-refractivity contribution < 1.29 is 9.21 Å². The molecule has 1 amide bonds. The van der Waals surface area contributed by atoms with E-state index in [0.29, 0.717) is 16.5 Å². The van der Waals surface area contributed by atoms with Crippen molar-refractivity contribution in [2.45, 2.75) is 6.92 Å². The molecular formula is C15H11ClN2O2S. The highest BCUT2D eigenvalue weighted by molar-refractivity contribution is 7.09. The minimum Gasteiger partial charge on any atom is -0.449 e. The van der Waals surface area contributed by atoms with Crippen molar-refractivity contribution in [2.75, 3.05) is 5.32 Å². The summed E-state index contributed by atoms with van der Waals surface area (Å²) in [4.78, 5) is 16.4. The number of amides is 1. The number of aromatic nitrogens is 1. The summed E-state index contributed by atoms with van der Waals surface area (Å²) in [6.07, 6.45) is 0. The van der Waals surface area contributed by atoms with Crippen LogP contribution in [0, 0.1) is 6.92 Å². The molecule has 4 nitrogen and oxygen atoms in total. The molecule has 0 aliphatic rings. The predicted octanol–water partition coefficient (Wildman–Crippen LogP) is 4.62. The van der Waals surface area contributed by atoms with Crippen LogP contribution in [-0.2, 0) is 0 Å². The molecule has 0 saturated heterocycles. The first-order valence-electron chi connectivity index (χ1n) is 6.21. The Balaban J connectivity index is 1.78. The third kappa shape index (κ3) is 3.15. The average molecular weight is 319 g/mol. The van der Waals surface area contributed by atoms with Crippen LogP contribution in [0.25, 0.3) is 11.5 Å². The van der Waals surface area contributed by atoms with Gasteiger partial charge in [0.1, 0.15) is 5.69 Å². The van der Waals surface area contributed by atoms with Crippen LogP contribution in [0.15, 0.2) is 46.2 Å². The number of hydrogen-bond acceptors (Lipinski definition) is 4. The second-order valence-electron chi connectivity index (χ2n) is 4.38. The summed E-state index contributed by atoms with van der Waals surface area (Å²) in [7, 11) is 0. The van der Waals surface area contributed by atoms with Crippen LogP contribution in [-0.4, -0.2) is 10.9 Å². The molecule has 2 heterocycles. The molecule has 1 aromatic carbocycles. The van der Waals surface area contributed by atoms with E-state index in [1.54, 1.807) is 36.4 Å². The number of nitrogens with one attached hydrogen (secondary N) is 1. The smallest absolute Gasteiger partial charge is 0.291 e. The van der Waals surface area contributed by atoms with E-state index >= 15 is 0 Å². The molecule has 106 valence electrons. The van der Waals surface area contributed by atoms with Gasteiger partial charge >= 0.3 is 0 Å². The third-order valence-corrected chi connectivity index (χ3v) is 3.79. The number of aryl methyl sites for hydroxylation is 1. The standard InChI is InChI=1S/C15H11ClN2O2S/c1-9-17-12(8-21-9)13-5-6-14(20-13)15(19)18-11-4-2-3-10(16)7-11/h2-8H,1H3,(H,18,19). The van der Waals surface area contributed by atoms with Crippen LogP contribution in [0.1, 0.15) is 15.6 Å². The summed E-state index contributed by atoms with van der Waals surface area (Å²) in [5, 5.41) is 6.14. The SMILES string of the molecule is Cc1nc(-c2ccc(C(=O)Nc3cccc(Cl)c3)o2)cs1. The molecule has 0 fully saturated rings. The van der Waals surface area contributed by atoms with Gasteiger partial charge in [0.15, 0.2) is 11.5 Å². The summed E-state index contributed by atoms with van der Waals surface area (Å²) >= 11 is 7.41. The minimum absolute atomic E-state index is 0.232. The van der Waals surface area contributed by atoms with Crippen molar-refractivity contribution in [1.82, 2.24) is 4.98 Å². The topological polar surface area (TPSA) is 55.1 Å². The van der Waals surface area contributed by atoms with E-state index in [1.165, 1.54) is 11.3 Å². The Bertz CT molecular complexity index is 794. The van der Waals surface area contributed by atoms with E-state index < -0.39 is 0 Å². The van der Waals surface area contributed by atoms with Gasteiger partial charge in [-0.1, -0.05) is 17.7 Å². The van der Waals surface area contributed by atoms with E-state index in [-0.39, 0.29) is 11.7 Å². The summed E-state index contributed by atoms with van der Waals surface area (Å²) in [5.41, 5.74) is 1.36. The van der Waals surface area contributed by atoms with Crippen LogP contribution in [0.4, 0.5) is 5.69 Å². The maximum atomic E-state index is 12.1. The van der Waals surface area contributed by atoms with Crippen LogP contribution in [0.3, 0.4) is 0 Å². The first-order valence-corrected chi connectivity index (χ1v) is 7.47. The molecule has 0 aliphatic heterocycles. The highest BCUT2D eigenvalue weighted by atomic mass is 35.5. The van der Waals surface area contributed by atoms with Gasteiger partial charge in [-0.25, -0.2) is 4.98 Å². The first-order chi connectivity index (χ1) is 10.1. The van der Waals surface area contributed by atoms with Crippen molar-refractivity contribution in [3.8, 4) is 11.5 Å². The fourth-order valence-corrected chi connectivity index (χ4v) is 2.63. The molecule has 0 unspecified atom stereocenters. The number of nitrogens with zero attached hydrogens (tertiary/aromatic N) is 1. The average Bonchev–Trinajstić information content (AvgIpc) is 3.07. The molecule has 3 rings (SSSR count). The number of carbonyl (C=O) groups is 1. The molecule has 0 bridgehead atoms. The van der Waals surface area contributed by atoms with E-state index in [1.807, 2.05) is 12.3 Å². The normalized spacial score (nSPS) is 10.6. The number of anilines is 1. The molecule has 3 aromatic rings. The molecule has 6 heteroatoms. The van der Waals surface area contributed by atoms with Gasteiger partial charge in [0.05, 0.1) is 5.01 Å². The lowest BCUT2D eigenvalue weighted by molar-refractivity contribution is 0.0997. The Kier molecular flexibility index (Phi) is 3.77. The molecule has 0 spiro atoms. The van der Waals surface area contributed by atoms with Gasteiger partial charge in [-0.15, -0.1) is 11.3 Å². The molecular weight excluding hydrogens is 308 g/mol. The summed E-state index contributed by atoms with van der Waals surface area (Å²) < 4.78 is 5.55. The molecule has 0 atom stereocenters. The number of furan rings is 1. The van der Waals surface area contributed by atoms with Gasteiger partial charge in [-0.05, 0) is 37.3 Å².